The van der Waals surface area contributed by atoms with E-state index < -0.39 is 11.8 Å². The van der Waals surface area contributed by atoms with Gasteiger partial charge in [0.25, 0.3) is 0 Å². The van der Waals surface area contributed by atoms with Crippen LogP contribution >= 0.6 is 0 Å². The number of carbonyl (C=O) groups excluding carboxylic acids is 2. The Morgan fingerprint density at radius 1 is 1.35 bits per heavy atom. The van der Waals surface area contributed by atoms with E-state index in [1.54, 1.807) is 25.1 Å². The van der Waals surface area contributed by atoms with Crippen LogP contribution in [0.5, 0.6) is 0 Å². The molecule has 1 N–H and O–H groups in total. The van der Waals surface area contributed by atoms with Crippen molar-refractivity contribution in [1.82, 2.24) is 5.16 Å². The molecular weight excluding hydrogens is 300 g/mol. The van der Waals surface area contributed by atoms with Gasteiger partial charge in [-0.15, -0.1) is 0 Å². The number of nitrogens with zero attached hydrogens (tertiary/aromatic N) is 1. The number of Topliss-reactive ketones (excluding diaryl/α,β-unsaturated/α-hetero) is 1. The van der Waals surface area contributed by atoms with Crippen molar-refractivity contribution in [3.8, 4) is 0 Å². The molecule has 7 heteroatoms. The quantitative estimate of drug-likeness (QED) is 0.666. The summed E-state index contributed by atoms with van der Waals surface area (Å²) in [5.74, 6) is -0.471. The van der Waals surface area contributed by atoms with Crippen molar-refractivity contribution < 1.29 is 23.6 Å². The highest BCUT2D eigenvalue weighted by atomic mass is 16.5. The van der Waals surface area contributed by atoms with Crippen molar-refractivity contribution in [2.45, 2.75) is 13.5 Å². The molecular formula is C16H14N2O5. The van der Waals surface area contributed by atoms with Crippen LogP contribution in [-0.4, -0.2) is 23.5 Å². The number of benzene rings is 1. The Hall–Kier alpha value is -3.09. The van der Waals surface area contributed by atoms with Gasteiger partial charge in [-0.2, -0.15) is 0 Å². The maximum Gasteiger partial charge on any atom is 0.347 e. The van der Waals surface area contributed by atoms with E-state index in [4.69, 9.17) is 14.0 Å². The zero-order valence-electron chi connectivity index (χ0n) is 12.4. The molecule has 1 aromatic carbocycles. The molecule has 0 amide bonds. The van der Waals surface area contributed by atoms with Gasteiger partial charge >= 0.3 is 5.97 Å². The lowest BCUT2D eigenvalue weighted by atomic mass is 10.2. The lowest BCUT2D eigenvalue weighted by Crippen LogP contribution is -2.16. The second-order valence-electron chi connectivity index (χ2n) is 4.91. The minimum absolute atomic E-state index is 0.0778. The van der Waals surface area contributed by atoms with Crippen LogP contribution in [0.1, 0.15) is 11.5 Å². The minimum Gasteiger partial charge on any atom is -0.470 e. The van der Waals surface area contributed by atoms with Crippen LogP contribution in [0.4, 0.5) is 5.69 Å². The van der Waals surface area contributed by atoms with Crippen molar-refractivity contribution in [3.63, 3.8) is 0 Å². The van der Waals surface area contributed by atoms with Gasteiger partial charge in [0.05, 0.1) is 0 Å². The van der Waals surface area contributed by atoms with E-state index >= 15 is 0 Å². The Bertz CT molecular complexity index is 764. The monoisotopic (exact) mass is 314 g/mol. The number of para-hydroxylation sites is 1. The van der Waals surface area contributed by atoms with Crippen LogP contribution in [0.3, 0.4) is 0 Å². The number of anilines is 1. The SMILES string of the molecule is Cc1cc(COC(=O)C2=C(Nc3ccccc3)OCC2=O)no1. The van der Waals surface area contributed by atoms with Crippen molar-refractivity contribution >= 4 is 17.4 Å². The Morgan fingerprint density at radius 3 is 2.83 bits per heavy atom. The number of carbonyl (C=O) groups is 2. The maximum atomic E-state index is 12.2. The Kier molecular flexibility index (Phi) is 4.09. The van der Waals surface area contributed by atoms with Gasteiger partial charge in [-0.1, -0.05) is 23.4 Å². The Morgan fingerprint density at radius 2 is 2.13 bits per heavy atom. The summed E-state index contributed by atoms with van der Waals surface area (Å²) in [5, 5.41) is 6.63. The summed E-state index contributed by atoms with van der Waals surface area (Å²) in [6.45, 7) is 1.46. The molecule has 1 aliphatic rings. The number of aryl methyl sites for hydroxylation is 1. The van der Waals surface area contributed by atoms with Crippen molar-refractivity contribution in [2.24, 2.45) is 0 Å². The Balaban J connectivity index is 1.72. The van der Waals surface area contributed by atoms with Crippen molar-refractivity contribution in [1.29, 1.82) is 0 Å². The fourth-order valence-electron chi connectivity index (χ4n) is 2.06. The summed E-state index contributed by atoms with van der Waals surface area (Å²) in [7, 11) is 0. The van der Waals surface area contributed by atoms with Gasteiger partial charge in [0, 0.05) is 11.8 Å². The van der Waals surface area contributed by atoms with Crippen LogP contribution in [0.25, 0.3) is 0 Å². The van der Waals surface area contributed by atoms with E-state index in [2.05, 4.69) is 10.5 Å². The molecule has 0 saturated heterocycles. The van der Waals surface area contributed by atoms with Crippen LogP contribution in [-0.2, 0) is 25.7 Å². The lowest BCUT2D eigenvalue weighted by molar-refractivity contribution is -0.141. The predicted molar refractivity (Wildman–Crippen MR) is 79.1 cm³/mol. The van der Waals surface area contributed by atoms with Gasteiger partial charge in [-0.05, 0) is 19.1 Å². The molecule has 23 heavy (non-hydrogen) atoms. The van der Waals surface area contributed by atoms with Crippen LogP contribution in [0, 0.1) is 6.92 Å². The zero-order chi connectivity index (χ0) is 16.2. The third-order valence-electron chi connectivity index (χ3n) is 3.12. The molecule has 118 valence electrons. The largest absolute Gasteiger partial charge is 0.470 e. The van der Waals surface area contributed by atoms with Crippen molar-refractivity contribution in [3.05, 3.63) is 59.3 Å². The van der Waals surface area contributed by atoms with Gasteiger partial charge in [0.1, 0.15) is 18.1 Å². The molecule has 0 spiro atoms. The third kappa shape index (κ3) is 3.39. The standard InChI is InChI=1S/C16H14N2O5/c1-10-7-12(18-23-10)8-22-16(20)14-13(19)9-21-15(14)17-11-5-3-2-4-6-11/h2-7,17H,8-9H2,1H3. The fourth-order valence-corrected chi connectivity index (χ4v) is 2.06. The highest BCUT2D eigenvalue weighted by molar-refractivity contribution is 6.19. The van der Waals surface area contributed by atoms with E-state index in [1.807, 2.05) is 18.2 Å². The van der Waals surface area contributed by atoms with Crippen molar-refractivity contribution in [2.75, 3.05) is 11.9 Å². The molecule has 0 saturated carbocycles. The van der Waals surface area contributed by atoms with Crippen LogP contribution in [0.2, 0.25) is 0 Å². The molecule has 3 rings (SSSR count). The maximum absolute atomic E-state index is 12.2. The van der Waals surface area contributed by atoms with E-state index in [0.29, 0.717) is 17.1 Å². The molecule has 0 radical (unpaired) electrons. The number of hydrogen-bond acceptors (Lipinski definition) is 7. The predicted octanol–water partition coefficient (Wildman–Crippen LogP) is 1.95. The van der Waals surface area contributed by atoms with Gasteiger partial charge in [0.15, 0.2) is 12.2 Å². The highest BCUT2D eigenvalue weighted by Gasteiger charge is 2.32. The molecule has 1 aliphatic heterocycles. The van der Waals surface area contributed by atoms with Crippen LogP contribution < -0.4 is 5.32 Å². The van der Waals surface area contributed by atoms with E-state index in [-0.39, 0.29) is 24.7 Å². The molecule has 0 unspecified atom stereocenters. The second kappa shape index (κ2) is 6.35. The second-order valence-corrected chi connectivity index (χ2v) is 4.91. The van der Waals surface area contributed by atoms with Gasteiger partial charge in [-0.25, -0.2) is 4.79 Å². The van der Waals surface area contributed by atoms with Gasteiger partial charge in [0.2, 0.25) is 11.7 Å². The van der Waals surface area contributed by atoms with Gasteiger partial charge < -0.3 is 19.3 Å². The smallest absolute Gasteiger partial charge is 0.347 e. The summed E-state index contributed by atoms with van der Waals surface area (Å²) in [6.07, 6.45) is 0. The third-order valence-corrected chi connectivity index (χ3v) is 3.12. The van der Waals surface area contributed by atoms with E-state index in [9.17, 15) is 9.59 Å². The number of rotatable bonds is 5. The van der Waals surface area contributed by atoms with Crippen LogP contribution in [0.15, 0.2) is 52.4 Å². The molecule has 0 bridgehead atoms. The normalized spacial score (nSPS) is 13.9. The van der Waals surface area contributed by atoms with E-state index in [1.165, 1.54) is 0 Å². The minimum atomic E-state index is -0.758. The molecule has 1 aromatic heterocycles. The number of hydrogen-bond donors (Lipinski definition) is 1. The highest BCUT2D eigenvalue weighted by Crippen LogP contribution is 2.21. The Labute approximate surface area is 131 Å². The lowest BCUT2D eigenvalue weighted by Gasteiger charge is -2.08. The first kappa shape index (κ1) is 14.8. The average molecular weight is 314 g/mol. The summed E-state index contributed by atoms with van der Waals surface area (Å²) >= 11 is 0. The average Bonchev–Trinajstić information content (AvgIpc) is 3.12. The molecule has 7 nitrogen and oxygen atoms in total. The number of esters is 1. The first-order valence-electron chi connectivity index (χ1n) is 6.95. The van der Waals surface area contributed by atoms with Gasteiger partial charge in [-0.3, -0.25) is 4.79 Å². The summed E-state index contributed by atoms with van der Waals surface area (Å²) in [6, 6.07) is 10.7. The number of nitrogens with one attached hydrogen (secondary N) is 1. The number of ketones is 1. The molecule has 2 aromatic rings. The summed E-state index contributed by atoms with van der Waals surface area (Å²) in [5.41, 5.74) is 1.05. The first-order chi connectivity index (χ1) is 11.1. The first-order valence-corrected chi connectivity index (χ1v) is 6.95. The number of ether oxygens (including phenoxy) is 2. The topological polar surface area (TPSA) is 90.7 Å². The fraction of sp³-hybridized carbons (Fsp3) is 0.188. The summed E-state index contributed by atoms with van der Waals surface area (Å²) in [4.78, 5) is 24.0. The number of aromatic nitrogens is 1. The molecule has 0 aliphatic carbocycles. The summed E-state index contributed by atoms with van der Waals surface area (Å²) < 4.78 is 15.2. The van der Waals surface area contributed by atoms with E-state index in [0.717, 1.165) is 0 Å². The molecule has 0 atom stereocenters. The zero-order valence-corrected chi connectivity index (χ0v) is 12.4. The molecule has 2 heterocycles. The molecule has 0 fully saturated rings.